The third-order valence-corrected chi connectivity index (χ3v) is 4.59. The van der Waals surface area contributed by atoms with Gasteiger partial charge < -0.3 is 0 Å². The molecule has 0 amide bonds. The second-order valence-corrected chi connectivity index (χ2v) is 5.20. The Hall–Kier alpha value is -1.56. The van der Waals surface area contributed by atoms with Crippen LogP contribution in [-0.4, -0.2) is 0 Å². The summed E-state index contributed by atoms with van der Waals surface area (Å²) in [7, 11) is 0. The molecule has 0 radical (unpaired) electrons. The summed E-state index contributed by atoms with van der Waals surface area (Å²) in [6, 6.07) is 8.94. The van der Waals surface area contributed by atoms with Gasteiger partial charge in [0.1, 0.15) is 0 Å². The van der Waals surface area contributed by atoms with Crippen molar-refractivity contribution in [3.63, 3.8) is 0 Å². The molecule has 0 nitrogen and oxygen atoms in total. The monoisotopic (exact) mass is 236 g/mol. The van der Waals surface area contributed by atoms with Crippen molar-refractivity contribution in [2.45, 2.75) is 38.5 Å². The van der Waals surface area contributed by atoms with Crippen LogP contribution in [0.15, 0.2) is 54.1 Å². The van der Waals surface area contributed by atoms with E-state index in [0.29, 0.717) is 0 Å². The van der Waals surface area contributed by atoms with Gasteiger partial charge in [0.05, 0.1) is 0 Å². The van der Waals surface area contributed by atoms with Crippen molar-refractivity contribution in [3.05, 3.63) is 65.3 Å². The van der Waals surface area contributed by atoms with Crippen LogP contribution in [0, 0.1) is 0 Å². The van der Waals surface area contributed by atoms with Gasteiger partial charge in [-0.25, -0.2) is 0 Å². The van der Waals surface area contributed by atoms with E-state index >= 15 is 0 Å². The van der Waals surface area contributed by atoms with E-state index in [9.17, 15) is 0 Å². The van der Waals surface area contributed by atoms with Gasteiger partial charge in [-0.3, -0.25) is 0 Å². The third-order valence-electron chi connectivity index (χ3n) is 4.59. The molecule has 1 aromatic carbocycles. The molecule has 0 heteroatoms. The van der Waals surface area contributed by atoms with Crippen molar-refractivity contribution in [2.24, 2.45) is 0 Å². The van der Waals surface area contributed by atoms with Crippen molar-refractivity contribution in [1.82, 2.24) is 0 Å². The smallest absolute Gasteiger partial charge is 0.0209 e. The molecule has 2 aliphatic carbocycles. The van der Waals surface area contributed by atoms with E-state index in [-0.39, 0.29) is 5.41 Å². The fourth-order valence-electron chi connectivity index (χ4n) is 3.57. The summed E-state index contributed by atoms with van der Waals surface area (Å²) < 4.78 is 0. The Bertz CT molecular complexity index is 551. The molecule has 2 aliphatic rings. The lowest BCUT2D eigenvalue weighted by Gasteiger charge is -2.30. The van der Waals surface area contributed by atoms with E-state index in [1.54, 1.807) is 0 Å². The minimum Gasteiger partial charge on any atom is -0.0804 e. The van der Waals surface area contributed by atoms with Gasteiger partial charge in [-0.2, -0.15) is 0 Å². The van der Waals surface area contributed by atoms with Crippen LogP contribution in [0.5, 0.6) is 0 Å². The molecule has 0 heterocycles. The van der Waals surface area contributed by atoms with E-state index in [0.717, 1.165) is 6.42 Å². The molecule has 0 N–H and O–H groups in total. The average Bonchev–Trinajstić information content (AvgIpc) is 2.58. The van der Waals surface area contributed by atoms with E-state index in [1.807, 2.05) is 0 Å². The molecule has 0 aromatic heterocycles. The lowest BCUT2D eigenvalue weighted by molar-refractivity contribution is 0.486. The molecular formula is C18H20. The fourth-order valence-corrected chi connectivity index (χ4v) is 3.57. The van der Waals surface area contributed by atoms with Crippen molar-refractivity contribution in [2.75, 3.05) is 0 Å². The maximum atomic E-state index is 2.36. The number of allylic oxidation sites excluding steroid dienone is 6. The molecule has 0 spiro atoms. The highest BCUT2D eigenvalue weighted by molar-refractivity contribution is 5.88. The molecule has 0 aliphatic heterocycles. The van der Waals surface area contributed by atoms with Crippen LogP contribution in [0.4, 0.5) is 0 Å². The molecule has 1 aromatic rings. The number of hydrogen-bond donors (Lipinski definition) is 0. The topological polar surface area (TPSA) is 0 Å². The van der Waals surface area contributed by atoms with Crippen LogP contribution in [0.2, 0.25) is 0 Å². The van der Waals surface area contributed by atoms with Crippen LogP contribution in [-0.2, 0) is 5.41 Å². The standard InChI is InChI=1S/C18H20/c1-3-18(4-2)16-12-7-5-6-10-14(16)15-11-8-9-13-17(15)18/h6-13H,3-5H2,1-2H3. The zero-order valence-electron chi connectivity index (χ0n) is 11.2. The molecule has 92 valence electrons. The van der Waals surface area contributed by atoms with Crippen molar-refractivity contribution in [3.8, 4) is 0 Å². The number of benzene rings is 1. The van der Waals surface area contributed by atoms with Crippen LogP contribution in [0.1, 0.15) is 44.2 Å². The van der Waals surface area contributed by atoms with E-state index in [4.69, 9.17) is 0 Å². The first-order valence-electron chi connectivity index (χ1n) is 7.01. The molecular weight excluding hydrogens is 216 g/mol. The normalized spacial score (nSPS) is 19.7. The Morgan fingerprint density at radius 2 is 1.72 bits per heavy atom. The van der Waals surface area contributed by atoms with Crippen molar-refractivity contribution in [1.29, 1.82) is 0 Å². The van der Waals surface area contributed by atoms with Gasteiger partial charge in [0.2, 0.25) is 0 Å². The highest BCUT2D eigenvalue weighted by Crippen LogP contribution is 2.51. The molecule has 18 heavy (non-hydrogen) atoms. The van der Waals surface area contributed by atoms with Crippen LogP contribution < -0.4 is 0 Å². The number of hydrogen-bond acceptors (Lipinski definition) is 0. The van der Waals surface area contributed by atoms with E-state index in [2.05, 4.69) is 62.4 Å². The third kappa shape index (κ3) is 1.38. The predicted octanol–water partition coefficient (Wildman–Crippen LogP) is 5.03. The quantitative estimate of drug-likeness (QED) is 0.675. The zero-order valence-corrected chi connectivity index (χ0v) is 11.2. The van der Waals surface area contributed by atoms with Crippen molar-refractivity contribution >= 4 is 5.57 Å². The van der Waals surface area contributed by atoms with Gasteiger partial charge in [-0.1, -0.05) is 62.4 Å². The summed E-state index contributed by atoms with van der Waals surface area (Å²) >= 11 is 0. The number of fused-ring (bicyclic) bond motifs is 2. The molecule has 0 bridgehead atoms. The largest absolute Gasteiger partial charge is 0.0804 e. The highest BCUT2D eigenvalue weighted by Gasteiger charge is 2.40. The molecule has 0 saturated carbocycles. The second kappa shape index (κ2) is 4.28. The SMILES string of the molecule is CCC1(CC)C2=C(C=CCC=C2)c2ccccc21. The Morgan fingerprint density at radius 3 is 2.50 bits per heavy atom. The summed E-state index contributed by atoms with van der Waals surface area (Å²) in [6.45, 7) is 4.64. The Morgan fingerprint density at radius 1 is 1.00 bits per heavy atom. The second-order valence-electron chi connectivity index (χ2n) is 5.20. The first kappa shape index (κ1) is 11.5. The lowest BCUT2D eigenvalue weighted by Crippen LogP contribution is -2.23. The average molecular weight is 236 g/mol. The maximum Gasteiger partial charge on any atom is 0.0209 e. The van der Waals surface area contributed by atoms with Gasteiger partial charge in [-0.15, -0.1) is 0 Å². The molecule has 0 saturated heterocycles. The minimum absolute atomic E-state index is 0.233. The zero-order chi connectivity index (χ0) is 12.6. The number of rotatable bonds is 2. The van der Waals surface area contributed by atoms with Crippen LogP contribution in [0.3, 0.4) is 0 Å². The minimum atomic E-state index is 0.233. The first-order chi connectivity index (χ1) is 8.83. The van der Waals surface area contributed by atoms with E-state index in [1.165, 1.54) is 35.1 Å². The summed E-state index contributed by atoms with van der Waals surface area (Å²) in [5.74, 6) is 0. The van der Waals surface area contributed by atoms with Crippen LogP contribution >= 0.6 is 0 Å². The van der Waals surface area contributed by atoms with Gasteiger partial charge in [-0.05, 0) is 41.5 Å². The summed E-state index contributed by atoms with van der Waals surface area (Å²) in [5, 5.41) is 0. The fraction of sp³-hybridized carbons (Fsp3) is 0.333. The van der Waals surface area contributed by atoms with Gasteiger partial charge >= 0.3 is 0 Å². The molecule has 3 rings (SSSR count). The maximum absolute atomic E-state index is 2.36. The summed E-state index contributed by atoms with van der Waals surface area (Å²) in [6.07, 6.45) is 12.7. The molecule has 0 unspecified atom stereocenters. The van der Waals surface area contributed by atoms with Gasteiger partial charge in [0.25, 0.3) is 0 Å². The first-order valence-corrected chi connectivity index (χ1v) is 7.01. The molecule has 0 atom stereocenters. The van der Waals surface area contributed by atoms with Crippen LogP contribution in [0.25, 0.3) is 5.57 Å². The van der Waals surface area contributed by atoms with E-state index < -0.39 is 0 Å². The Kier molecular flexibility index (Phi) is 2.74. The predicted molar refractivity (Wildman–Crippen MR) is 78.5 cm³/mol. The highest BCUT2D eigenvalue weighted by atomic mass is 14.4. The van der Waals surface area contributed by atoms with Crippen molar-refractivity contribution < 1.29 is 0 Å². The summed E-state index contributed by atoms with van der Waals surface area (Å²) in [5.41, 5.74) is 6.18. The van der Waals surface area contributed by atoms with Gasteiger partial charge in [0, 0.05) is 5.41 Å². The molecule has 0 fully saturated rings. The Balaban J connectivity index is 2.32. The van der Waals surface area contributed by atoms with Gasteiger partial charge in [0.15, 0.2) is 0 Å². The summed E-state index contributed by atoms with van der Waals surface area (Å²) in [4.78, 5) is 0. The lowest BCUT2D eigenvalue weighted by atomic mass is 9.73. The Labute approximate surface area is 110 Å².